The lowest BCUT2D eigenvalue weighted by Crippen LogP contribution is -2.39. The van der Waals surface area contributed by atoms with Crippen molar-refractivity contribution in [1.82, 2.24) is 10.3 Å². The molecule has 7 heteroatoms. The zero-order chi connectivity index (χ0) is 24.8. The number of fused-ring (bicyclic) bond motifs is 1. The van der Waals surface area contributed by atoms with Gasteiger partial charge >= 0.3 is 5.97 Å². The highest BCUT2D eigenvalue weighted by atomic mass is 16.5. The van der Waals surface area contributed by atoms with Gasteiger partial charge in [-0.25, -0.2) is 4.79 Å². The fraction of sp³-hybridized carbons (Fsp3) is 0.214. The molecule has 4 aromatic rings. The Morgan fingerprint density at radius 3 is 2.51 bits per heavy atom. The number of hydrogen-bond acceptors (Lipinski definition) is 4. The third-order valence-corrected chi connectivity index (χ3v) is 5.85. The third-order valence-electron chi connectivity index (χ3n) is 5.85. The number of benzene rings is 3. The number of para-hydroxylation sites is 1. The maximum Gasteiger partial charge on any atom is 0.335 e. The molecule has 0 aliphatic carbocycles. The van der Waals surface area contributed by atoms with Crippen LogP contribution in [0.3, 0.4) is 0 Å². The van der Waals surface area contributed by atoms with Crippen LogP contribution in [0.1, 0.15) is 41.1 Å². The molecule has 1 aromatic heterocycles. The number of hydrogen-bond donors (Lipinski definition) is 4. The van der Waals surface area contributed by atoms with E-state index < -0.39 is 12.0 Å². The standard InChI is InChI=1S/C28H28N2O5.H2/c1-2-13-35-26-12-11-20(18-7-9-19(10-8-18)28(33)34)15-24(26)27(32)30-22(17-31)14-21-16-29-25-6-4-3-5-23(21)25;/h3-12,15-16,22,29,31H,2,13-14,17H2,1H3,(H,30,32)(H,33,34);1H/t22-;/m1./s1. The molecule has 0 aliphatic heterocycles. The topological polar surface area (TPSA) is 112 Å². The lowest BCUT2D eigenvalue weighted by atomic mass is 10.00. The lowest BCUT2D eigenvalue weighted by Gasteiger charge is -2.18. The molecule has 0 saturated carbocycles. The SMILES string of the molecule is CCCOc1ccc(-c2ccc(C(=O)O)cc2)cc1C(=O)N[C@@H](CO)Cc1c[nH]c2ccccc12.[HH]. The minimum Gasteiger partial charge on any atom is -0.493 e. The second-order valence-corrected chi connectivity index (χ2v) is 8.36. The van der Waals surface area contributed by atoms with Crippen molar-refractivity contribution in [3.63, 3.8) is 0 Å². The molecule has 35 heavy (non-hydrogen) atoms. The van der Waals surface area contributed by atoms with Gasteiger partial charge in [0, 0.05) is 18.5 Å². The van der Waals surface area contributed by atoms with Crippen LogP contribution in [0.5, 0.6) is 5.75 Å². The van der Waals surface area contributed by atoms with E-state index in [2.05, 4.69) is 10.3 Å². The fourth-order valence-electron chi connectivity index (χ4n) is 4.02. The first kappa shape index (κ1) is 24.0. The van der Waals surface area contributed by atoms with Crippen LogP contribution in [0.4, 0.5) is 0 Å². The number of rotatable bonds is 10. The van der Waals surface area contributed by atoms with Crippen LogP contribution in [-0.2, 0) is 6.42 Å². The molecule has 182 valence electrons. The van der Waals surface area contributed by atoms with Gasteiger partial charge in [-0.1, -0.05) is 43.3 Å². The summed E-state index contributed by atoms with van der Waals surface area (Å²) < 4.78 is 5.82. The van der Waals surface area contributed by atoms with Gasteiger partial charge in [0.25, 0.3) is 5.91 Å². The van der Waals surface area contributed by atoms with Gasteiger partial charge in [0.2, 0.25) is 0 Å². The molecular formula is C28H30N2O5. The third kappa shape index (κ3) is 5.53. The number of aromatic carboxylic acids is 1. The number of carbonyl (C=O) groups excluding carboxylic acids is 1. The predicted octanol–water partition coefficient (Wildman–Crippen LogP) is 4.90. The molecule has 1 heterocycles. The van der Waals surface area contributed by atoms with Gasteiger partial charge < -0.3 is 25.3 Å². The summed E-state index contributed by atoms with van der Waals surface area (Å²) in [5, 5.41) is 23.2. The molecule has 3 aromatic carbocycles. The number of carboxylic acids is 1. The molecule has 0 spiro atoms. The molecule has 7 nitrogen and oxygen atoms in total. The average molecular weight is 475 g/mol. The van der Waals surface area contributed by atoms with Gasteiger partial charge in [-0.3, -0.25) is 4.79 Å². The number of aliphatic hydroxyl groups excluding tert-OH is 1. The van der Waals surface area contributed by atoms with Crippen molar-refractivity contribution in [2.75, 3.05) is 13.2 Å². The van der Waals surface area contributed by atoms with Crippen molar-refractivity contribution >= 4 is 22.8 Å². The van der Waals surface area contributed by atoms with Crippen molar-refractivity contribution in [1.29, 1.82) is 0 Å². The second-order valence-electron chi connectivity index (χ2n) is 8.36. The number of nitrogens with one attached hydrogen (secondary N) is 2. The minimum atomic E-state index is -0.995. The summed E-state index contributed by atoms with van der Waals surface area (Å²) in [6.45, 7) is 2.24. The van der Waals surface area contributed by atoms with Gasteiger partial charge in [0.05, 0.1) is 30.4 Å². The minimum absolute atomic E-state index is 0. The first-order valence-corrected chi connectivity index (χ1v) is 11.6. The van der Waals surface area contributed by atoms with Crippen molar-refractivity contribution in [2.45, 2.75) is 25.8 Å². The van der Waals surface area contributed by atoms with Crippen molar-refractivity contribution in [3.05, 3.63) is 89.6 Å². The maximum absolute atomic E-state index is 13.3. The number of aliphatic hydroxyl groups is 1. The Kier molecular flexibility index (Phi) is 7.48. The lowest BCUT2D eigenvalue weighted by molar-refractivity contribution is 0.0696. The predicted molar refractivity (Wildman–Crippen MR) is 137 cm³/mol. The molecule has 0 radical (unpaired) electrons. The Morgan fingerprint density at radius 2 is 1.80 bits per heavy atom. The second kappa shape index (κ2) is 10.9. The van der Waals surface area contributed by atoms with Crippen molar-refractivity contribution in [2.24, 2.45) is 0 Å². The molecule has 1 atom stereocenters. The van der Waals surface area contributed by atoms with Crippen LogP contribution >= 0.6 is 0 Å². The van der Waals surface area contributed by atoms with E-state index in [-0.39, 0.29) is 19.5 Å². The maximum atomic E-state index is 13.3. The highest BCUT2D eigenvalue weighted by Crippen LogP contribution is 2.28. The zero-order valence-corrected chi connectivity index (χ0v) is 19.5. The highest BCUT2D eigenvalue weighted by molar-refractivity contribution is 5.98. The number of H-pyrrole nitrogens is 1. The summed E-state index contributed by atoms with van der Waals surface area (Å²) in [6.07, 6.45) is 3.16. The van der Waals surface area contributed by atoms with E-state index >= 15 is 0 Å². The summed E-state index contributed by atoms with van der Waals surface area (Å²) in [5.41, 5.74) is 4.10. The van der Waals surface area contributed by atoms with Crippen LogP contribution in [0, 0.1) is 0 Å². The normalized spacial score (nSPS) is 11.8. The molecule has 0 fully saturated rings. The average Bonchev–Trinajstić information content (AvgIpc) is 3.29. The van der Waals surface area contributed by atoms with Crippen LogP contribution in [0.2, 0.25) is 0 Å². The van der Waals surface area contributed by atoms with Gasteiger partial charge in [0.1, 0.15) is 5.75 Å². The van der Waals surface area contributed by atoms with E-state index in [0.29, 0.717) is 24.3 Å². The number of carboxylic acid groups (broad SMARTS) is 1. The van der Waals surface area contributed by atoms with E-state index in [9.17, 15) is 14.7 Å². The Labute approximate surface area is 204 Å². The number of aromatic amines is 1. The summed E-state index contributed by atoms with van der Waals surface area (Å²) in [5.74, 6) is -0.886. The van der Waals surface area contributed by atoms with Gasteiger partial charge in [-0.2, -0.15) is 0 Å². The summed E-state index contributed by atoms with van der Waals surface area (Å²) in [7, 11) is 0. The Balaban J connectivity index is 0.00000361. The zero-order valence-electron chi connectivity index (χ0n) is 19.5. The van der Waals surface area contributed by atoms with E-state index in [4.69, 9.17) is 9.84 Å². The molecule has 4 rings (SSSR count). The molecule has 0 unspecified atom stereocenters. The van der Waals surface area contributed by atoms with E-state index in [1.807, 2.05) is 43.5 Å². The smallest absolute Gasteiger partial charge is 0.335 e. The first-order valence-electron chi connectivity index (χ1n) is 11.6. The Bertz CT molecular complexity index is 1330. The van der Waals surface area contributed by atoms with Gasteiger partial charge in [0.15, 0.2) is 0 Å². The van der Waals surface area contributed by atoms with E-state index in [0.717, 1.165) is 34.0 Å². The van der Waals surface area contributed by atoms with E-state index in [1.165, 1.54) is 12.1 Å². The summed E-state index contributed by atoms with van der Waals surface area (Å²) >= 11 is 0. The number of amides is 1. The number of aromatic nitrogens is 1. The number of carbonyl (C=O) groups is 2. The molecular weight excluding hydrogens is 444 g/mol. The summed E-state index contributed by atoms with van der Waals surface area (Å²) in [4.78, 5) is 27.7. The summed E-state index contributed by atoms with van der Waals surface area (Å²) in [6, 6.07) is 19.2. The van der Waals surface area contributed by atoms with Crippen LogP contribution in [0.15, 0.2) is 72.9 Å². The Hall–Kier alpha value is -4.10. The molecule has 0 bridgehead atoms. The first-order chi connectivity index (χ1) is 17.0. The molecule has 0 saturated heterocycles. The van der Waals surface area contributed by atoms with Crippen molar-refractivity contribution in [3.8, 4) is 16.9 Å². The largest absolute Gasteiger partial charge is 0.493 e. The molecule has 1 amide bonds. The molecule has 0 aliphatic rings. The quantitative estimate of drug-likeness (QED) is 0.261. The fourth-order valence-corrected chi connectivity index (χ4v) is 4.02. The Morgan fingerprint density at radius 1 is 1.06 bits per heavy atom. The van der Waals surface area contributed by atoms with Gasteiger partial charge in [-0.05, 0) is 59.9 Å². The number of ether oxygens (including phenoxy) is 1. The van der Waals surface area contributed by atoms with Gasteiger partial charge in [-0.15, -0.1) is 0 Å². The molecule has 4 N–H and O–H groups in total. The monoisotopic (exact) mass is 474 g/mol. The van der Waals surface area contributed by atoms with Crippen LogP contribution in [0.25, 0.3) is 22.0 Å². The highest BCUT2D eigenvalue weighted by Gasteiger charge is 2.20. The van der Waals surface area contributed by atoms with Crippen LogP contribution < -0.4 is 10.1 Å². The van der Waals surface area contributed by atoms with Crippen molar-refractivity contribution < 1.29 is 26.0 Å². The van der Waals surface area contributed by atoms with E-state index in [1.54, 1.807) is 24.3 Å². The van der Waals surface area contributed by atoms with Crippen LogP contribution in [-0.4, -0.2) is 46.3 Å².